The number of hydrogen-bond donors (Lipinski definition) is 2. The highest BCUT2D eigenvalue weighted by molar-refractivity contribution is 5.79. The summed E-state index contributed by atoms with van der Waals surface area (Å²) in [4.78, 5) is 8.84. The van der Waals surface area contributed by atoms with E-state index in [2.05, 4.69) is 31.2 Å². The molecule has 7 heteroatoms. The van der Waals surface area contributed by atoms with E-state index in [-0.39, 0.29) is 0 Å². The molecule has 2 N–H and O–H groups in total. The van der Waals surface area contributed by atoms with Gasteiger partial charge in [-0.15, -0.1) is 0 Å². The van der Waals surface area contributed by atoms with Crippen molar-refractivity contribution in [3.63, 3.8) is 0 Å². The minimum atomic E-state index is 0.638. The molecule has 0 aliphatic heterocycles. The Hall–Kier alpha value is -2.12. The van der Waals surface area contributed by atoms with Gasteiger partial charge in [-0.2, -0.15) is 0 Å². The van der Waals surface area contributed by atoms with Crippen LogP contribution in [0.3, 0.4) is 0 Å². The summed E-state index contributed by atoms with van der Waals surface area (Å²) in [6, 6.07) is 8.21. The van der Waals surface area contributed by atoms with Gasteiger partial charge in [0, 0.05) is 40.4 Å². The van der Waals surface area contributed by atoms with Crippen molar-refractivity contribution in [3.05, 3.63) is 30.1 Å². The van der Waals surface area contributed by atoms with Crippen LogP contribution in [-0.4, -0.2) is 62.6 Å². The first-order valence-electron chi connectivity index (χ1n) is 8.69. The third-order valence-corrected chi connectivity index (χ3v) is 3.89. The van der Waals surface area contributed by atoms with E-state index in [0.29, 0.717) is 19.8 Å². The van der Waals surface area contributed by atoms with Crippen molar-refractivity contribution in [2.24, 2.45) is 4.99 Å². The van der Waals surface area contributed by atoms with Crippen LogP contribution in [0.5, 0.6) is 0 Å². The van der Waals surface area contributed by atoms with Crippen LogP contribution in [0, 0.1) is 6.92 Å². The molecule has 138 valence electrons. The fourth-order valence-corrected chi connectivity index (χ4v) is 2.61. The van der Waals surface area contributed by atoms with Gasteiger partial charge in [-0.1, -0.05) is 12.1 Å². The molecule has 0 amide bonds. The van der Waals surface area contributed by atoms with Crippen molar-refractivity contribution < 1.29 is 9.47 Å². The number of aliphatic imine (C=N–C) groups is 1. The number of benzene rings is 1. The highest BCUT2D eigenvalue weighted by Gasteiger charge is 2.06. The lowest BCUT2D eigenvalue weighted by Crippen LogP contribution is -2.39. The van der Waals surface area contributed by atoms with Crippen molar-refractivity contribution in [2.75, 3.05) is 47.1 Å². The fourth-order valence-electron chi connectivity index (χ4n) is 2.61. The number of imidazole rings is 1. The summed E-state index contributed by atoms with van der Waals surface area (Å²) < 4.78 is 12.6. The SMILES string of the molecule is CN=C(NCCCOCCOC)NCCn1c(C)nc2ccccc21. The quantitative estimate of drug-likeness (QED) is 0.388. The van der Waals surface area contributed by atoms with E-state index in [1.807, 2.05) is 25.1 Å². The highest BCUT2D eigenvalue weighted by Crippen LogP contribution is 2.14. The molecule has 0 saturated carbocycles. The number of aryl methyl sites for hydroxylation is 1. The van der Waals surface area contributed by atoms with Crippen LogP contribution in [0.15, 0.2) is 29.3 Å². The summed E-state index contributed by atoms with van der Waals surface area (Å²) in [6.45, 7) is 6.48. The normalized spacial score (nSPS) is 11.9. The van der Waals surface area contributed by atoms with Crippen molar-refractivity contribution in [1.82, 2.24) is 20.2 Å². The zero-order chi connectivity index (χ0) is 17.9. The Labute approximate surface area is 149 Å². The van der Waals surface area contributed by atoms with Gasteiger partial charge in [0.15, 0.2) is 5.96 Å². The van der Waals surface area contributed by atoms with E-state index in [9.17, 15) is 0 Å². The molecule has 7 nitrogen and oxygen atoms in total. The summed E-state index contributed by atoms with van der Waals surface area (Å²) >= 11 is 0. The molecule has 0 atom stereocenters. The fraction of sp³-hybridized carbons (Fsp3) is 0.556. The summed E-state index contributed by atoms with van der Waals surface area (Å²) in [5, 5.41) is 6.64. The van der Waals surface area contributed by atoms with Crippen LogP contribution in [0.1, 0.15) is 12.2 Å². The number of hydrogen-bond acceptors (Lipinski definition) is 4. The maximum atomic E-state index is 5.44. The smallest absolute Gasteiger partial charge is 0.191 e. The average Bonchev–Trinajstić information content (AvgIpc) is 2.95. The molecule has 0 spiro atoms. The lowest BCUT2D eigenvalue weighted by atomic mass is 10.3. The molecular weight excluding hydrogens is 318 g/mol. The monoisotopic (exact) mass is 347 g/mol. The lowest BCUT2D eigenvalue weighted by Gasteiger charge is -2.13. The van der Waals surface area contributed by atoms with Gasteiger partial charge in [-0.25, -0.2) is 4.98 Å². The Bertz CT molecular complexity index is 669. The van der Waals surface area contributed by atoms with E-state index in [0.717, 1.165) is 48.9 Å². The second-order valence-electron chi connectivity index (χ2n) is 5.68. The Morgan fingerprint density at radius 2 is 1.96 bits per heavy atom. The lowest BCUT2D eigenvalue weighted by molar-refractivity contribution is 0.0698. The summed E-state index contributed by atoms with van der Waals surface area (Å²) in [5.74, 6) is 1.83. The van der Waals surface area contributed by atoms with E-state index in [1.165, 1.54) is 0 Å². The maximum absolute atomic E-state index is 5.44. The molecule has 2 rings (SSSR count). The van der Waals surface area contributed by atoms with Crippen molar-refractivity contribution in [1.29, 1.82) is 0 Å². The van der Waals surface area contributed by atoms with Gasteiger partial charge >= 0.3 is 0 Å². The highest BCUT2D eigenvalue weighted by atomic mass is 16.5. The maximum Gasteiger partial charge on any atom is 0.191 e. The molecule has 1 aromatic heterocycles. The molecular formula is C18H29N5O2. The zero-order valence-electron chi connectivity index (χ0n) is 15.4. The Kier molecular flexibility index (Phi) is 8.21. The van der Waals surface area contributed by atoms with E-state index in [4.69, 9.17) is 9.47 Å². The van der Waals surface area contributed by atoms with Gasteiger partial charge in [0.05, 0.1) is 24.2 Å². The van der Waals surface area contributed by atoms with Crippen LogP contribution < -0.4 is 10.6 Å². The first kappa shape index (κ1) is 19.2. The number of nitrogens with zero attached hydrogens (tertiary/aromatic N) is 3. The Balaban J connectivity index is 1.69. The first-order valence-corrected chi connectivity index (χ1v) is 8.69. The predicted molar refractivity (Wildman–Crippen MR) is 101 cm³/mol. The Morgan fingerprint density at radius 1 is 1.16 bits per heavy atom. The number of methoxy groups -OCH3 is 1. The minimum Gasteiger partial charge on any atom is -0.382 e. The van der Waals surface area contributed by atoms with E-state index < -0.39 is 0 Å². The topological polar surface area (TPSA) is 72.7 Å². The minimum absolute atomic E-state index is 0.638. The molecule has 0 unspecified atom stereocenters. The standard InChI is InChI=1S/C18H29N5O2/c1-15-22-16-7-4-5-8-17(16)23(15)11-10-21-18(19-2)20-9-6-12-25-14-13-24-3/h4-5,7-8H,6,9-14H2,1-3H3,(H2,19,20,21). The largest absolute Gasteiger partial charge is 0.382 e. The third kappa shape index (κ3) is 6.03. The van der Waals surface area contributed by atoms with Crippen LogP contribution in [-0.2, 0) is 16.0 Å². The van der Waals surface area contributed by atoms with Crippen molar-refractivity contribution in [3.8, 4) is 0 Å². The van der Waals surface area contributed by atoms with Gasteiger partial charge in [-0.3, -0.25) is 4.99 Å². The number of nitrogens with one attached hydrogen (secondary N) is 2. The number of guanidine groups is 1. The molecule has 25 heavy (non-hydrogen) atoms. The molecule has 0 aliphatic carbocycles. The molecule has 0 radical (unpaired) electrons. The molecule has 0 fully saturated rings. The van der Waals surface area contributed by atoms with E-state index in [1.54, 1.807) is 14.2 Å². The molecule has 1 aromatic carbocycles. The number of aromatic nitrogens is 2. The summed E-state index contributed by atoms with van der Waals surface area (Å²) in [7, 11) is 3.46. The van der Waals surface area contributed by atoms with Crippen LogP contribution in [0.4, 0.5) is 0 Å². The molecule has 1 heterocycles. The molecule has 2 aromatic rings. The van der Waals surface area contributed by atoms with Crippen LogP contribution in [0.2, 0.25) is 0 Å². The molecule has 0 saturated heterocycles. The van der Waals surface area contributed by atoms with Gasteiger partial charge in [0.2, 0.25) is 0 Å². The van der Waals surface area contributed by atoms with Gasteiger partial charge in [0.25, 0.3) is 0 Å². The molecule has 0 bridgehead atoms. The van der Waals surface area contributed by atoms with Gasteiger partial charge < -0.3 is 24.7 Å². The number of fused-ring (bicyclic) bond motifs is 1. The Morgan fingerprint density at radius 3 is 2.76 bits per heavy atom. The summed E-state index contributed by atoms with van der Waals surface area (Å²) in [5.41, 5.74) is 2.20. The number of ether oxygens (including phenoxy) is 2. The second kappa shape index (κ2) is 10.7. The third-order valence-electron chi connectivity index (χ3n) is 3.89. The van der Waals surface area contributed by atoms with Crippen molar-refractivity contribution >= 4 is 17.0 Å². The number of para-hydroxylation sites is 2. The molecule has 0 aliphatic rings. The van der Waals surface area contributed by atoms with Gasteiger partial charge in [0.1, 0.15) is 5.82 Å². The van der Waals surface area contributed by atoms with Crippen LogP contribution in [0.25, 0.3) is 11.0 Å². The zero-order valence-corrected chi connectivity index (χ0v) is 15.4. The van der Waals surface area contributed by atoms with Gasteiger partial charge in [-0.05, 0) is 25.5 Å². The van der Waals surface area contributed by atoms with Crippen molar-refractivity contribution in [2.45, 2.75) is 19.9 Å². The second-order valence-corrected chi connectivity index (χ2v) is 5.68. The predicted octanol–water partition coefficient (Wildman–Crippen LogP) is 1.56. The van der Waals surface area contributed by atoms with E-state index >= 15 is 0 Å². The van der Waals surface area contributed by atoms with Crippen LogP contribution >= 0.6 is 0 Å². The summed E-state index contributed by atoms with van der Waals surface area (Å²) in [6.07, 6.45) is 0.926. The average molecular weight is 347 g/mol. The number of rotatable bonds is 10. The first-order chi connectivity index (χ1) is 12.3.